The fourth-order valence-corrected chi connectivity index (χ4v) is 5.87. The molecule has 26 heavy (non-hydrogen) atoms. The maximum atomic E-state index is 13.0. The second-order valence-corrected chi connectivity index (χ2v) is 9.86. The number of rotatable bonds is 5. The molecule has 0 aliphatic rings. The van der Waals surface area contributed by atoms with Crippen molar-refractivity contribution >= 4 is 57.4 Å². The van der Waals surface area contributed by atoms with Gasteiger partial charge in [0.1, 0.15) is 6.29 Å². The first-order valence-electron chi connectivity index (χ1n) is 7.17. The number of nitrogens with one attached hydrogen (secondary N) is 1. The summed E-state index contributed by atoms with van der Waals surface area (Å²) in [4.78, 5) is 21.4. The summed E-state index contributed by atoms with van der Waals surface area (Å²) < 4.78 is 38.3. The van der Waals surface area contributed by atoms with Crippen molar-refractivity contribution in [3.8, 4) is 0 Å². The fourth-order valence-electron chi connectivity index (χ4n) is 2.46. The van der Waals surface area contributed by atoms with E-state index in [4.69, 9.17) is 23.2 Å². The molecule has 0 radical (unpaired) electrons. The Kier molecular flexibility index (Phi) is 5.09. The van der Waals surface area contributed by atoms with Crippen molar-refractivity contribution in [2.45, 2.75) is 4.90 Å². The van der Waals surface area contributed by atoms with E-state index in [9.17, 15) is 22.8 Å². The summed E-state index contributed by atoms with van der Waals surface area (Å²) in [5, 5.41) is 1.01. The second-order valence-electron chi connectivity index (χ2n) is 5.51. The van der Waals surface area contributed by atoms with Crippen molar-refractivity contribution in [3.63, 3.8) is 0 Å². The molecule has 0 fully saturated rings. The first kappa shape index (κ1) is 19.2. The van der Waals surface area contributed by atoms with Crippen molar-refractivity contribution < 1.29 is 22.8 Å². The molecule has 0 spiro atoms. The molecule has 0 aliphatic carbocycles. The van der Waals surface area contributed by atoms with Crippen LogP contribution in [-0.4, -0.2) is 29.5 Å². The zero-order chi connectivity index (χ0) is 19.1. The number of anilines is 1. The summed E-state index contributed by atoms with van der Waals surface area (Å²) in [6.07, 6.45) is 0.651. The number of hydrogen-bond acceptors (Lipinski definition) is 3. The normalized spacial score (nSPS) is 12.5. The van der Waals surface area contributed by atoms with Crippen LogP contribution in [0.2, 0.25) is 10.0 Å². The van der Waals surface area contributed by atoms with Gasteiger partial charge in [-0.25, -0.2) is 8.42 Å². The molecule has 3 aromatic rings. The summed E-state index contributed by atoms with van der Waals surface area (Å²) >= 11 is 11.8. The molecule has 0 unspecified atom stereocenters. The number of H-pyrrole nitrogens is 1. The molecule has 3 rings (SSSR count). The van der Waals surface area contributed by atoms with E-state index >= 15 is 0 Å². The van der Waals surface area contributed by atoms with E-state index in [1.54, 1.807) is 18.3 Å². The second kappa shape index (κ2) is 6.88. The lowest BCUT2D eigenvalue weighted by atomic mass is 10.2. The molecule has 3 N–H and O–H groups in total. The van der Waals surface area contributed by atoms with Gasteiger partial charge >= 0.3 is 7.60 Å². The van der Waals surface area contributed by atoms with E-state index in [2.05, 4.69) is 4.98 Å². The third-order valence-corrected chi connectivity index (χ3v) is 6.59. The highest BCUT2D eigenvalue weighted by molar-refractivity contribution is 7.93. The lowest BCUT2D eigenvalue weighted by Gasteiger charge is -2.25. The van der Waals surface area contributed by atoms with Crippen molar-refractivity contribution in [3.05, 3.63) is 58.7 Å². The smallest absolute Gasteiger partial charge is 0.345 e. The van der Waals surface area contributed by atoms with Gasteiger partial charge in [-0.3, -0.25) is 8.87 Å². The van der Waals surface area contributed by atoms with E-state index in [1.807, 2.05) is 0 Å². The molecule has 0 atom stereocenters. The van der Waals surface area contributed by atoms with Crippen LogP contribution in [0.5, 0.6) is 0 Å². The Morgan fingerprint density at radius 2 is 1.69 bits per heavy atom. The predicted octanol–water partition coefficient (Wildman–Crippen LogP) is 3.81. The quantitative estimate of drug-likeness (QED) is 0.528. The minimum atomic E-state index is -4.70. The van der Waals surface area contributed by atoms with E-state index in [0.717, 1.165) is 5.39 Å². The van der Waals surface area contributed by atoms with Crippen LogP contribution in [0.4, 0.5) is 5.69 Å². The van der Waals surface area contributed by atoms with E-state index in [0.29, 0.717) is 9.82 Å². The zero-order valence-electron chi connectivity index (χ0n) is 13.0. The molecule has 0 saturated heterocycles. The van der Waals surface area contributed by atoms with Gasteiger partial charge in [-0.05, 0) is 41.8 Å². The van der Waals surface area contributed by atoms with Crippen LogP contribution in [0.15, 0.2) is 53.6 Å². The Balaban J connectivity index is 2.17. The molecule has 0 bridgehead atoms. The van der Waals surface area contributed by atoms with Crippen molar-refractivity contribution in [2.75, 3.05) is 10.6 Å². The summed E-state index contributed by atoms with van der Waals surface area (Å²) in [5.41, 5.74) is 0.719. The average Bonchev–Trinajstić information content (AvgIpc) is 2.98. The maximum absolute atomic E-state index is 13.0. The molecular weight excluding hydrogens is 422 g/mol. The van der Waals surface area contributed by atoms with Gasteiger partial charge in [0.25, 0.3) is 10.0 Å². The zero-order valence-corrected chi connectivity index (χ0v) is 16.2. The van der Waals surface area contributed by atoms with Crippen LogP contribution in [0, 0.1) is 0 Å². The van der Waals surface area contributed by atoms with Gasteiger partial charge in [-0.15, -0.1) is 0 Å². The molecule has 1 aromatic heterocycles. The highest BCUT2D eigenvalue weighted by atomic mass is 35.5. The third-order valence-electron chi connectivity index (χ3n) is 3.56. The standard InChI is InChI=1S/C15H13Cl2N2O5PS/c16-11-5-12(17)7-14(6-11)26(23,24)19(9-25(20,21)22)13-2-1-10-3-4-18-15(10)8-13/h1-8,18H,9H2,(H2,20,21,22). The molecule has 1 heterocycles. The Bertz CT molecular complexity index is 1110. The van der Waals surface area contributed by atoms with Gasteiger partial charge in [0.05, 0.1) is 10.6 Å². The van der Waals surface area contributed by atoms with Crippen molar-refractivity contribution in [2.24, 2.45) is 0 Å². The average molecular weight is 435 g/mol. The number of halogens is 2. The largest absolute Gasteiger partial charge is 0.361 e. The van der Waals surface area contributed by atoms with E-state index < -0.39 is 23.9 Å². The molecule has 11 heteroatoms. The number of nitrogens with zero attached hydrogens (tertiary/aromatic N) is 1. The van der Waals surface area contributed by atoms with Crippen LogP contribution < -0.4 is 4.31 Å². The fraction of sp³-hybridized carbons (Fsp3) is 0.0667. The van der Waals surface area contributed by atoms with Crippen molar-refractivity contribution in [1.82, 2.24) is 4.98 Å². The van der Waals surface area contributed by atoms with Gasteiger partial charge in [0.15, 0.2) is 0 Å². The highest BCUT2D eigenvalue weighted by Gasteiger charge is 2.31. The topological polar surface area (TPSA) is 111 Å². The molecular formula is C15H13Cl2N2O5PS. The monoisotopic (exact) mass is 434 g/mol. The van der Waals surface area contributed by atoms with Gasteiger partial charge in [-0.1, -0.05) is 29.3 Å². The first-order chi connectivity index (χ1) is 12.1. The minimum absolute atomic E-state index is 0.0898. The van der Waals surface area contributed by atoms with Crippen molar-refractivity contribution in [1.29, 1.82) is 0 Å². The Morgan fingerprint density at radius 3 is 2.31 bits per heavy atom. The minimum Gasteiger partial charge on any atom is -0.361 e. The maximum Gasteiger partial charge on any atom is 0.345 e. The van der Waals surface area contributed by atoms with E-state index in [-0.39, 0.29) is 20.6 Å². The Morgan fingerprint density at radius 1 is 1.04 bits per heavy atom. The van der Waals surface area contributed by atoms with Crippen LogP contribution in [-0.2, 0) is 14.6 Å². The number of aromatic amines is 1. The SMILES string of the molecule is O=P(O)(O)CN(c1ccc2cc[nH]c2c1)S(=O)(=O)c1cc(Cl)cc(Cl)c1. The number of fused-ring (bicyclic) bond motifs is 1. The van der Waals surface area contributed by atoms with Gasteiger partial charge in [0.2, 0.25) is 0 Å². The number of benzene rings is 2. The van der Waals surface area contributed by atoms with Crippen LogP contribution >= 0.6 is 30.8 Å². The summed E-state index contributed by atoms with van der Waals surface area (Å²) in [7, 11) is -9.03. The molecule has 0 saturated carbocycles. The Hall–Kier alpha value is -1.54. The third kappa shape index (κ3) is 4.06. The van der Waals surface area contributed by atoms with Gasteiger partial charge < -0.3 is 14.8 Å². The molecule has 7 nitrogen and oxygen atoms in total. The number of aromatic nitrogens is 1. The predicted molar refractivity (Wildman–Crippen MR) is 101 cm³/mol. The number of sulfonamides is 1. The lowest BCUT2D eigenvalue weighted by Crippen LogP contribution is -2.32. The van der Waals surface area contributed by atoms with Crippen LogP contribution in [0.1, 0.15) is 0 Å². The molecule has 138 valence electrons. The lowest BCUT2D eigenvalue weighted by molar-refractivity contribution is 0.373. The molecule has 0 aliphatic heterocycles. The molecule has 2 aromatic carbocycles. The van der Waals surface area contributed by atoms with Crippen LogP contribution in [0.25, 0.3) is 10.9 Å². The first-order valence-corrected chi connectivity index (χ1v) is 11.2. The summed E-state index contributed by atoms with van der Waals surface area (Å²) in [5.74, 6) is 0. The summed E-state index contributed by atoms with van der Waals surface area (Å²) in [6.45, 7) is 0. The van der Waals surface area contributed by atoms with Gasteiger partial charge in [-0.2, -0.15) is 0 Å². The van der Waals surface area contributed by atoms with Gasteiger partial charge in [0, 0.05) is 21.8 Å². The van der Waals surface area contributed by atoms with E-state index in [1.165, 1.54) is 30.3 Å². The van der Waals surface area contributed by atoms with Crippen LogP contribution in [0.3, 0.4) is 0 Å². The highest BCUT2D eigenvalue weighted by Crippen LogP contribution is 2.40. The Labute approximate surface area is 159 Å². The summed E-state index contributed by atoms with van der Waals surface area (Å²) in [6, 6.07) is 10.1. The molecule has 0 amide bonds. The number of hydrogen-bond donors (Lipinski definition) is 3.